The minimum Gasteiger partial charge on any atom is -0.316 e. The molecule has 1 aliphatic carbocycles. The molecule has 0 bridgehead atoms. The number of rotatable bonds is 5. The average molecular weight is 275 g/mol. The number of likely N-dealkylation sites (N-methyl/N-ethyl adjacent to an activating group) is 1. The molecule has 1 N–H and O–H groups in total. The summed E-state index contributed by atoms with van der Waals surface area (Å²) in [6, 6.07) is 9.03. The van der Waals surface area contributed by atoms with Gasteiger partial charge in [0.05, 0.1) is 0 Å². The molecular formula is C17H25NS. The molecule has 0 atom stereocenters. The molecule has 0 radical (unpaired) electrons. The fraction of sp³-hybridized carbons (Fsp3) is 0.529. The highest BCUT2D eigenvalue weighted by atomic mass is 32.2. The van der Waals surface area contributed by atoms with Crippen LogP contribution in [0.2, 0.25) is 0 Å². The Morgan fingerprint density at radius 2 is 1.89 bits per heavy atom. The van der Waals surface area contributed by atoms with Crippen molar-refractivity contribution in [2.45, 2.75) is 49.2 Å². The molecule has 0 aromatic heterocycles. The van der Waals surface area contributed by atoms with Gasteiger partial charge in [-0.05, 0) is 44.5 Å². The topological polar surface area (TPSA) is 12.0 Å². The predicted octanol–water partition coefficient (Wildman–Crippen LogP) is 4.73. The van der Waals surface area contributed by atoms with Gasteiger partial charge in [-0.3, -0.25) is 0 Å². The lowest BCUT2D eigenvalue weighted by Crippen LogP contribution is -2.08. The summed E-state index contributed by atoms with van der Waals surface area (Å²) in [6.45, 7) is 3.12. The molecule has 0 spiro atoms. The summed E-state index contributed by atoms with van der Waals surface area (Å²) in [5.41, 5.74) is 2.68. The number of thioether (sulfide) groups is 1. The summed E-state index contributed by atoms with van der Waals surface area (Å²) in [6.07, 6.45) is 9.32. The van der Waals surface area contributed by atoms with Crippen molar-refractivity contribution in [2.24, 2.45) is 0 Å². The molecule has 0 amide bonds. The summed E-state index contributed by atoms with van der Waals surface area (Å²) in [7, 11) is 1.99. The zero-order valence-corrected chi connectivity index (χ0v) is 12.9. The predicted molar refractivity (Wildman–Crippen MR) is 86.7 cm³/mol. The highest BCUT2D eigenvalue weighted by Gasteiger charge is 2.14. The zero-order chi connectivity index (χ0) is 13.5. The molecule has 0 unspecified atom stereocenters. The van der Waals surface area contributed by atoms with Gasteiger partial charge in [0.25, 0.3) is 0 Å². The van der Waals surface area contributed by atoms with Gasteiger partial charge in [-0.2, -0.15) is 0 Å². The van der Waals surface area contributed by atoms with E-state index in [2.05, 4.69) is 54.3 Å². The van der Waals surface area contributed by atoms with Gasteiger partial charge < -0.3 is 5.32 Å². The highest BCUT2D eigenvalue weighted by molar-refractivity contribution is 8.00. The van der Waals surface area contributed by atoms with Crippen LogP contribution < -0.4 is 5.32 Å². The summed E-state index contributed by atoms with van der Waals surface area (Å²) >= 11 is 2.07. The van der Waals surface area contributed by atoms with Crippen molar-refractivity contribution in [2.75, 3.05) is 13.6 Å². The first-order valence-corrected chi connectivity index (χ1v) is 8.24. The van der Waals surface area contributed by atoms with Crippen molar-refractivity contribution in [1.82, 2.24) is 5.32 Å². The third-order valence-corrected chi connectivity index (χ3v) is 4.95. The Morgan fingerprint density at radius 1 is 1.21 bits per heavy atom. The third-order valence-electron chi connectivity index (χ3n) is 3.60. The molecule has 1 aliphatic rings. The second-order valence-electron chi connectivity index (χ2n) is 5.47. The third kappa shape index (κ3) is 5.04. The van der Waals surface area contributed by atoms with Gasteiger partial charge in [0.2, 0.25) is 0 Å². The molecule has 0 heterocycles. The number of hydrogen-bond acceptors (Lipinski definition) is 2. The molecule has 19 heavy (non-hydrogen) atoms. The van der Waals surface area contributed by atoms with Crippen molar-refractivity contribution in [1.29, 1.82) is 0 Å². The van der Waals surface area contributed by atoms with E-state index >= 15 is 0 Å². The van der Waals surface area contributed by atoms with Crippen LogP contribution in [-0.2, 0) is 0 Å². The number of nitrogens with one attached hydrogen (secondary N) is 1. The van der Waals surface area contributed by atoms with Crippen molar-refractivity contribution in [3.8, 4) is 0 Å². The molecule has 0 saturated heterocycles. The van der Waals surface area contributed by atoms with Gasteiger partial charge in [0, 0.05) is 16.7 Å². The zero-order valence-electron chi connectivity index (χ0n) is 12.1. The van der Waals surface area contributed by atoms with Crippen molar-refractivity contribution in [3.63, 3.8) is 0 Å². The first kappa shape index (κ1) is 14.7. The van der Waals surface area contributed by atoms with Crippen molar-refractivity contribution < 1.29 is 0 Å². The molecular weight excluding hydrogens is 250 g/mol. The van der Waals surface area contributed by atoms with E-state index in [0.717, 1.165) is 11.8 Å². The molecule has 0 aliphatic heterocycles. The van der Waals surface area contributed by atoms with Crippen molar-refractivity contribution >= 4 is 17.8 Å². The largest absolute Gasteiger partial charge is 0.316 e. The molecule has 2 rings (SSSR count). The van der Waals surface area contributed by atoms with Gasteiger partial charge in [-0.25, -0.2) is 0 Å². The van der Waals surface area contributed by atoms with Gasteiger partial charge in [0.15, 0.2) is 0 Å². The molecule has 104 valence electrons. The maximum atomic E-state index is 3.18. The number of benzene rings is 1. The van der Waals surface area contributed by atoms with E-state index < -0.39 is 0 Å². The SMILES string of the molecule is CNCC(C)=Cc1ccc(SC2CCCCC2)cc1. The minimum atomic E-state index is 0.848. The second-order valence-corrected chi connectivity index (χ2v) is 6.84. The lowest BCUT2D eigenvalue weighted by atomic mass is 10.0. The lowest BCUT2D eigenvalue weighted by Gasteiger charge is -2.20. The Morgan fingerprint density at radius 3 is 2.53 bits per heavy atom. The van der Waals surface area contributed by atoms with Crippen LogP contribution in [0.5, 0.6) is 0 Å². The Bertz CT molecular complexity index is 402. The van der Waals surface area contributed by atoms with E-state index in [1.165, 1.54) is 48.1 Å². The summed E-state index contributed by atoms with van der Waals surface area (Å²) in [5.74, 6) is 0. The molecule has 1 saturated carbocycles. The number of hydrogen-bond donors (Lipinski definition) is 1. The smallest absolute Gasteiger partial charge is 0.0162 e. The van der Waals surface area contributed by atoms with E-state index in [0.29, 0.717) is 0 Å². The molecule has 1 aromatic rings. The Hall–Kier alpha value is -0.730. The van der Waals surface area contributed by atoms with Crippen LogP contribution in [0.25, 0.3) is 6.08 Å². The van der Waals surface area contributed by atoms with Crippen LogP contribution in [0.15, 0.2) is 34.7 Å². The van der Waals surface area contributed by atoms with Crippen LogP contribution in [0.1, 0.15) is 44.6 Å². The van der Waals surface area contributed by atoms with Crippen molar-refractivity contribution in [3.05, 3.63) is 35.4 Å². The fourth-order valence-corrected chi connectivity index (χ4v) is 3.88. The Labute approximate surface area is 121 Å². The molecule has 2 heteroatoms. The van der Waals surface area contributed by atoms with Crippen LogP contribution in [0.4, 0.5) is 0 Å². The monoisotopic (exact) mass is 275 g/mol. The van der Waals surface area contributed by atoms with E-state index in [9.17, 15) is 0 Å². The average Bonchev–Trinajstić information content (AvgIpc) is 2.42. The summed E-state index contributed by atoms with van der Waals surface area (Å²) in [4.78, 5) is 1.43. The quantitative estimate of drug-likeness (QED) is 0.833. The van der Waals surface area contributed by atoms with Gasteiger partial charge in [0.1, 0.15) is 0 Å². The normalized spacial score (nSPS) is 17.7. The van der Waals surface area contributed by atoms with Crippen LogP contribution in [-0.4, -0.2) is 18.8 Å². The molecule has 1 aromatic carbocycles. The summed E-state index contributed by atoms with van der Waals surface area (Å²) < 4.78 is 0. The molecule has 1 fully saturated rings. The minimum absolute atomic E-state index is 0.848. The van der Waals surface area contributed by atoms with Gasteiger partial charge in [-0.1, -0.05) is 43.0 Å². The lowest BCUT2D eigenvalue weighted by molar-refractivity contribution is 0.516. The second kappa shape index (κ2) is 7.76. The van der Waals surface area contributed by atoms with E-state index in [-0.39, 0.29) is 0 Å². The maximum absolute atomic E-state index is 3.18. The van der Waals surface area contributed by atoms with E-state index in [4.69, 9.17) is 0 Å². The fourth-order valence-electron chi connectivity index (χ4n) is 2.63. The standard InChI is InChI=1S/C17H25NS/c1-14(13-18-2)12-15-8-10-17(11-9-15)19-16-6-4-3-5-7-16/h8-12,16,18H,3-7,13H2,1-2H3. The molecule has 1 nitrogen and oxygen atoms in total. The summed E-state index contributed by atoms with van der Waals surface area (Å²) in [5, 5.41) is 4.03. The maximum Gasteiger partial charge on any atom is 0.0162 e. The van der Waals surface area contributed by atoms with Gasteiger partial charge in [-0.15, -0.1) is 11.8 Å². The van der Waals surface area contributed by atoms with Crippen LogP contribution >= 0.6 is 11.8 Å². The van der Waals surface area contributed by atoms with Gasteiger partial charge >= 0.3 is 0 Å². The van der Waals surface area contributed by atoms with E-state index in [1.807, 2.05) is 7.05 Å². The van der Waals surface area contributed by atoms with Crippen LogP contribution in [0.3, 0.4) is 0 Å². The first-order valence-electron chi connectivity index (χ1n) is 7.36. The van der Waals surface area contributed by atoms with E-state index in [1.54, 1.807) is 0 Å². The van der Waals surface area contributed by atoms with Crippen LogP contribution in [0, 0.1) is 0 Å². The Balaban J connectivity index is 1.92. The Kier molecular flexibility index (Phi) is 5.99. The highest BCUT2D eigenvalue weighted by Crippen LogP contribution is 2.33. The first-order chi connectivity index (χ1) is 9.28.